The maximum Gasteiger partial charge on any atom is 0.0338 e. The molecular formula is C18H22N2S. The van der Waals surface area contributed by atoms with E-state index in [1.807, 2.05) is 11.8 Å². The molecule has 0 aliphatic heterocycles. The van der Waals surface area contributed by atoms with Crippen molar-refractivity contribution in [1.29, 1.82) is 0 Å². The fourth-order valence-electron chi connectivity index (χ4n) is 2.94. The summed E-state index contributed by atoms with van der Waals surface area (Å²) >= 11 is 1.90. The van der Waals surface area contributed by atoms with Gasteiger partial charge in [-0.05, 0) is 42.4 Å². The van der Waals surface area contributed by atoms with Gasteiger partial charge in [-0.15, -0.1) is 11.8 Å². The Bertz CT molecular complexity index is 585. The number of nitrogens with one attached hydrogen (secondary N) is 1. The van der Waals surface area contributed by atoms with E-state index in [9.17, 15) is 0 Å². The van der Waals surface area contributed by atoms with E-state index in [2.05, 4.69) is 66.9 Å². The Kier molecular flexibility index (Phi) is 4.63. The minimum absolute atomic E-state index is 0.375. The average molecular weight is 298 g/mol. The van der Waals surface area contributed by atoms with Gasteiger partial charge in [0.15, 0.2) is 0 Å². The van der Waals surface area contributed by atoms with Crippen LogP contribution in [0.4, 0.5) is 0 Å². The van der Waals surface area contributed by atoms with Crippen LogP contribution in [0.2, 0.25) is 0 Å². The molecule has 1 aliphatic rings. The number of aryl methyl sites for hydroxylation is 1. The van der Waals surface area contributed by atoms with E-state index in [-0.39, 0.29) is 0 Å². The molecule has 1 saturated carbocycles. The van der Waals surface area contributed by atoms with E-state index in [4.69, 9.17) is 5.84 Å². The third-order valence-electron chi connectivity index (χ3n) is 4.31. The first-order valence-corrected chi connectivity index (χ1v) is 8.47. The SMILES string of the molecule is Cc1ccccc1SCC(NN)C1CC1c1ccccc1. The van der Waals surface area contributed by atoms with Gasteiger partial charge in [0.05, 0.1) is 0 Å². The Balaban J connectivity index is 1.59. The monoisotopic (exact) mass is 298 g/mol. The van der Waals surface area contributed by atoms with Gasteiger partial charge in [-0.3, -0.25) is 11.3 Å². The standard InChI is InChI=1S/C18H22N2S/c1-13-7-5-6-10-18(13)21-12-17(20-19)16-11-15(16)14-8-3-2-4-9-14/h2-10,15-17,20H,11-12,19H2,1H3. The quantitative estimate of drug-likeness (QED) is 0.485. The Hall–Kier alpha value is -1.29. The van der Waals surface area contributed by atoms with Crippen molar-refractivity contribution in [2.45, 2.75) is 30.2 Å². The number of benzene rings is 2. The second-order valence-electron chi connectivity index (χ2n) is 5.77. The van der Waals surface area contributed by atoms with E-state index in [0.29, 0.717) is 17.9 Å². The second-order valence-corrected chi connectivity index (χ2v) is 6.83. The maximum atomic E-state index is 5.79. The zero-order valence-electron chi connectivity index (χ0n) is 12.3. The molecule has 3 rings (SSSR count). The molecule has 0 amide bonds. The number of thioether (sulfide) groups is 1. The summed E-state index contributed by atoms with van der Waals surface area (Å²) in [6.45, 7) is 2.16. The molecule has 2 aromatic carbocycles. The van der Waals surface area contributed by atoms with E-state index in [0.717, 1.165) is 5.75 Å². The van der Waals surface area contributed by atoms with Gasteiger partial charge in [0.25, 0.3) is 0 Å². The number of hydrogen-bond acceptors (Lipinski definition) is 3. The summed E-state index contributed by atoms with van der Waals surface area (Å²) in [6.07, 6.45) is 1.24. The third-order valence-corrected chi connectivity index (χ3v) is 5.61. The van der Waals surface area contributed by atoms with Gasteiger partial charge in [0, 0.05) is 16.7 Å². The summed E-state index contributed by atoms with van der Waals surface area (Å²) in [5.74, 6) is 8.15. The summed E-state index contributed by atoms with van der Waals surface area (Å²) in [5, 5.41) is 0. The first kappa shape index (κ1) is 14.6. The van der Waals surface area contributed by atoms with Crippen molar-refractivity contribution in [3.63, 3.8) is 0 Å². The molecule has 3 heteroatoms. The zero-order chi connectivity index (χ0) is 14.7. The number of hydrazine groups is 1. The van der Waals surface area contributed by atoms with Gasteiger partial charge in [-0.2, -0.15) is 0 Å². The number of hydrogen-bond donors (Lipinski definition) is 2. The van der Waals surface area contributed by atoms with Crippen LogP contribution < -0.4 is 11.3 Å². The molecule has 0 spiro atoms. The van der Waals surface area contributed by atoms with E-state index in [1.165, 1.54) is 22.4 Å². The van der Waals surface area contributed by atoms with Crippen LogP contribution in [-0.4, -0.2) is 11.8 Å². The van der Waals surface area contributed by atoms with Crippen LogP contribution in [0.5, 0.6) is 0 Å². The van der Waals surface area contributed by atoms with Crippen LogP contribution in [0.15, 0.2) is 59.5 Å². The van der Waals surface area contributed by atoms with Gasteiger partial charge in [-0.25, -0.2) is 0 Å². The molecule has 21 heavy (non-hydrogen) atoms. The minimum Gasteiger partial charge on any atom is -0.271 e. The summed E-state index contributed by atoms with van der Waals surface area (Å²) in [5.41, 5.74) is 5.82. The zero-order valence-corrected chi connectivity index (χ0v) is 13.1. The third kappa shape index (κ3) is 3.49. The molecule has 0 aromatic heterocycles. The van der Waals surface area contributed by atoms with E-state index < -0.39 is 0 Å². The lowest BCUT2D eigenvalue weighted by molar-refractivity contribution is 0.511. The lowest BCUT2D eigenvalue weighted by Gasteiger charge is -2.16. The first-order chi connectivity index (χ1) is 10.3. The van der Waals surface area contributed by atoms with Gasteiger partial charge in [-0.1, -0.05) is 48.5 Å². The van der Waals surface area contributed by atoms with Crippen LogP contribution in [0.1, 0.15) is 23.5 Å². The Labute approximate surface area is 131 Å². The Morgan fingerprint density at radius 1 is 1.14 bits per heavy atom. The van der Waals surface area contributed by atoms with Crippen molar-refractivity contribution in [2.24, 2.45) is 11.8 Å². The van der Waals surface area contributed by atoms with Crippen molar-refractivity contribution in [3.8, 4) is 0 Å². The fraction of sp³-hybridized carbons (Fsp3) is 0.333. The predicted octanol–water partition coefficient (Wildman–Crippen LogP) is 3.72. The molecule has 0 saturated heterocycles. The Morgan fingerprint density at radius 3 is 2.57 bits per heavy atom. The highest BCUT2D eigenvalue weighted by Crippen LogP contribution is 2.50. The Morgan fingerprint density at radius 2 is 1.86 bits per heavy atom. The van der Waals surface area contributed by atoms with Crippen LogP contribution in [-0.2, 0) is 0 Å². The lowest BCUT2D eigenvalue weighted by Crippen LogP contribution is -2.39. The van der Waals surface area contributed by atoms with Crippen LogP contribution in [0, 0.1) is 12.8 Å². The molecule has 3 N–H and O–H groups in total. The molecule has 0 bridgehead atoms. The maximum absolute atomic E-state index is 5.79. The molecule has 3 atom stereocenters. The predicted molar refractivity (Wildman–Crippen MR) is 90.3 cm³/mol. The summed E-state index contributed by atoms with van der Waals surface area (Å²) in [7, 11) is 0. The van der Waals surface area contributed by atoms with Gasteiger partial charge >= 0.3 is 0 Å². The number of nitrogens with two attached hydrogens (primary N) is 1. The molecule has 2 aromatic rings. The number of rotatable bonds is 6. The molecule has 0 heterocycles. The second kappa shape index (κ2) is 6.65. The molecule has 0 radical (unpaired) electrons. The van der Waals surface area contributed by atoms with Crippen molar-refractivity contribution >= 4 is 11.8 Å². The topological polar surface area (TPSA) is 38.0 Å². The van der Waals surface area contributed by atoms with Crippen molar-refractivity contribution < 1.29 is 0 Å². The molecule has 1 fully saturated rings. The highest BCUT2D eigenvalue weighted by Gasteiger charge is 2.43. The molecular weight excluding hydrogens is 276 g/mol. The summed E-state index contributed by atoms with van der Waals surface area (Å²) in [4.78, 5) is 1.36. The average Bonchev–Trinajstić information content (AvgIpc) is 3.31. The van der Waals surface area contributed by atoms with Crippen LogP contribution >= 0.6 is 11.8 Å². The fourth-order valence-corrected chi connectivity index (χ4v) is 4.11. The van der Waals surface area contributed by atoms with Crippen molar-refractivity contribution in [2.75, 3.05) is 5.75 Å². The minimum atomic E-state index is 0.375. The normalized spacial score (nSPS) is 22.0. The van der Waals surface area contributed by atoms with Crippen LogP contribution in [0.3, 0.4) is 0 Å². The highest BCUT2D eigenvalue weighted by atomic mass is 32.2. The van der Waals surface area contributed by atoms with Gasteiger partial charge in [0.1, 0.15) is 0 Å². The van der Waals surface area contributed by atoms with Crippen LogP contribution in [0.25, 0.3) is 0 Å². The molecule has 3 unspecified atom stereocenters. The van der Waals surface area contributed by atoms with Gasteiger partial charge < -0.3 is 0 Å². The first-order valence-electron chi connectivity index (χ1n) is 7.49. The molecule has 110 valence electrons. The lowest BCUT2D eigenvalue weighted by atomic mass is 10.1. The highest BCUT2D eigenvalue weighted by molar-refractivity contribution is 7.99. The summed E-state index contributed by atoms with van der Waals surface area (Å²) < 4.78 is 0. The molecule has 2 nitrogen and oxygen atoms in total. The smallest absolute Gasteiger partial charge is 0.0338 e. The van der Waals surface area contributed by atoms with Crippen molar-refractivity contribution in [1.82, 2.24) is 5.43 Å². The summed E-state index contributed by atoms with van der Waals surface area (Å²) in [6, 6.07) is 19.7. The molecule has 1 aliphatic carbocycles. The largest absolute Gasteiger partial charge is 0.271 e. The van der Waals surface area contributed by atoms with Gasteiger partial charge in [0.2, 0.25) is 0 Å². The van der Waals surface area contributed by atoms with Crippen molar-refractivity contribution in [3.05, 3.63) is 65.7 Å². The van der Waals surface area contributed by atoms with E-state index in [1.54, 1.807) is 0 Å². The van der Waals surface area contributed by atoms with E-state index >= 15 is 0 Å².